The van der Waals surface area contributed by atoms with Gasteiger partial charge in [-0.05, 0) is 41.8 Å². The van der Waals surface area contributed by atoms with Crippen molar-refractivity contribution >= 4 is 33.6 Å². The van der Waals surface area contributed by atoms with Crippen LogP contribution in [0.2, 0.25) is 0 Å². The predicted molar refractivity (Wildman–Crippen MR) is 125 cm³/mol. The van der Waals surface area contributed by atoms with E-state index in [0.29, 0.717) is 38.9 Å². The van der Waals surface area contributed by atoms with Crippen LogP contribution in [0.5, 0.6) is 0 Å². The maximum absolute atomic E-state index is 13.1. The highest BCUT2D eigenvalue weighted by Crippen LogP contribution is 2.23. The molecule has 0 spiro atoms. The highest BCUT2D eigenvalue weighted by atomic mass is 16.2. The van der Waals surface area contributed by atoms with Gasteiger partial charge in [0, 0.05) is 37.5 Å². The minimum absolute atomic E-state index is 0.0468. The molecule has 0 unspecified atom stereocenters. The monoisotopic (exact) mass is 426 g/mol. The highest BCUT2D eigenvalue weighted by Gasteiger charge is 2.28. The fourth-order valence-corrected chi connectivity index (χ4v) is 4.50. The number of rotatable bonds is 5. The van der Waals surface area contributed by atoms with Gasteiger partial charge in [0.05, 0.1) is 11.0 Å². The van der Waals surface area contributed by atoms with E-state index in [0.717, 1.165) is 33.2 Å². The SMILES string of the molecule is O=C(NCCc1nc2ccccc2[nH]1)C1CCN(C(=O)c2cccc3ccccc23)CC1. The van der Waals surface area contributed by atoms with E-state index in [1.807, 2.05) is 71.6 Å². The molecule has 4 aromatic rings. The predicted octanol–water partition coefficient (Wildman–Crippen LogP) is 3.93. The van der Waals surface area contributed by atoms with Crippen molar-refractivity contribution < 1.29 is 9.59 Å². The second-order valence-electron chi connectivity index (χ2n) is 8.33. The molecule has 1 aromatic heterocycles. The molecule has 6 heteroatoms. The molecular formula is C26H26N4O2. The van der Waals surface area contributed by atoms with Gasteiger partial charge in [-0.1, -0.05) is 48.5 Å². The largest absolute Gasteiger partial charge is 0.355 e. The van der Waals surface area contributed by atoms with Gasteiger partial charge in [-0.25, -0.2) is 4.98 Å². The number of aromatic nitrogens is 2. The molecule has 1 aliphatic rings. The Morgan fingerprint density at radius 3 is 2.56 bits per heavy atom. The number of piperidine rings is 1. The first-order valence-electron chi connectivity index (χ1n) is 11.2. The number of carbonyl (C=O) groups is 2. The number of para-hydroxylation sites is 2. The van der Waals surface area contributed by atoms with Gasteiger partial charge in [0.15, 0.2) is 0 Å². The van der Waals surface area contributed by atoms with Crippen LogP contribution in [-0.2, 0) is 11.2 Å². The Balaban J connectivity index is 1.14. The van der Waals surface area contributed by atoms with E-state index in [9.17, 15) is 9.59 Å². The van der Waals surface area contributed by atoms with Gasteiger partial charge in [-0.3, -0.25) is 9.59 Å². The number of aromatic amines is 1. The van der Waals surface area contributed by atoms with Crippen LogP contribution >= 0.6 is 0 Å². The molecule has 32 heavy (non-hydrogen) atoms. The van der Waals surface area contributed by atoms with Crippen molar-refractivity contribution in [1.29, 1.82) is 0 Å². The number of hydrogen-bond donors (Lipinski definition) is 2. The summed E-state index contributed by atoms with van der Waals surface area (Å²) in [5, 5.41) is 5.09. The average molecular weight is 427 g/mol. The lowest BCUT2D eigenvalue weighted by Crippen LogP contribution is -2.43. The lowest BCUT2D eigenvalue weighted by molar-refractivity contribution is -0.126. The van der Waals surface area contributed by atoms with Crippen LogP contribution in [0.15, 0.2) is 66.7 Å². The van der Waals surface area contributed by atoms with E-state index < -0.39 is 0 Å². The number of H-pyrrole nitrogens is 1. The van der Waals surface area contributed by atoms with E-state index in [1.54, 1.807) is 0 Å². The quantitative estimate of drug-likeness (QED) is 0.508. The number of benzene rings is 3. The molecule has 0 bridgehead atoms. The summed E-state index contributed by atoms with van der Waals surface area (Å²) in [6.07, 6.45) is 2.04. The Hall–Kier alpha value is -3.67. The van der Waals surface area contributed by atoms with E-state index in [4.69, 9.17) is 0 Å². The number of imidazole rings is 1. The maximum Gasteiger partial charge on any atom is 0.254 e. The fraction of sp³-hybridized carbons (Fsp3) is 0.269. The summed E-state index contributed by atoms with van der Waals surface area (Å²) >= 11 is 0. The first kappa shape index (κ1) is 20.2. The molecule has 5 rings (SSSR count). The summed E-state index contributed by atoms with van der Waals surface area (Å²) in [6, 6.07) is 21.7. The summed E-state index contributed by atoms with van der Waals surface area (Å²) in [6.45, 7) is 1.75. The van der Waals surface area contributed by atoms with Gasteiger partial charge in [0.25, 0.3) is 5.91 Å². The van der Waals surface area contributed by atoms with Gasteiger partial charge in [-0.15, -0.1) is 0 Å². The Kier molecular flexibility index (Phi) is 5.58. The van der Waals surface area contributed by atoms with Crippen LogP contribution in [-0.4, -0.2) is 46.3 Å². The van der Waals surface area contributed by atoms with Crippen molar-refractivity contribution in [2.24, 2.45) is 5.92 Å². The molecule has 0 radical (unpaired) electrons. The van der Waals surface area contributed by atoms with Crippen molar-refractivity contribution in [3.8, 4) is 0 Å². The van der Waals surface area contributed by atoms with Crippen LogP contribution in [0.4, 0.5) is 0 Å². The first-order valence-corrected chi connectivity index (χ1v) is 11.2. The number of likely N-dealkylation sites (tertiary alicyclic amines) is 1. The van der Waals surface area contributed by atoms with Gasteiger partial charge in [0.2, 0.25) is 5.91 Å². The minimum atomic E-state index is -0.0535. The zero-order valence-corrected chi connectivity index (χ0v) is 17.9. The number of nitrogens with zero attached hydrogens (tertiary/aromatic N) is 2. The molecule has 0 aliphatic carbocycles. The molecule has 0 saturated carbocycles. The third-order valence-corrected chi connectivity index (χ3v) is 6.27. The molecule has 6 nitrogen and oxygen atoms in total. The Morgan fingerprint density at radius 1 is 0.969 bits per heavy atom. The number of nitrogens with one attached hydrogen (secondary N) is 2. The molecule has 1 saturated heterocycles. The van der Waals surface area contributed by atoms with E-state index in [1.165, 1.54) is 0 Å². The molecular weight excluding hydrogens is 400 g/mol. The molecule has 1 aliphatic heterocycles. The zero-order chi connectivity index (χ0) is 21.9. The molecule has 2 N–H and O–H groups in total. The Morgan fingerprint density at radius 2 is 1.72 bits per heavy atom. The molecule has 162 valence electrons. The summed E-state index contributed by atoms with van der Waals surface area (Å²) < 4.78 is 0. The van der Waals surface area contributed by atoms with E-state index in [2.05, 4.69) is 15.3 Å². The van der Waals surface area contributed by atoms with Crippen LogP contribution in [0, 0.1) is 5.92 Å². The second kappa shape index (κ2) is 8.83. The molecule has 1 fully saturated rings. The highest BCUT2D eigenvalue weighted by molar-refractivity contribution is 6.07. The fourth-order valence-electron chi connectivity index (χ4n) is 4.50. The van der Waals surface area contributed by atoms with Crippen molar-refractivity contribution in [1.82, 2.24) is 20.2 Å². The van der Waals surface area contributed by atoms with Crippen molar-refractivity contribution in [3.05, 3.63) is 78.1 Å². The van der Waals surface area contributed by atoms with Crippen molar-refractivity contribution in [3.63, 3.8) is 0 Å². The average Bonchev–Trinajstić information content (AvgIpc) is 3.26. The topological polar surface area (TPSA) is 78.1 Å². The second-order valence-corrected chi connectivity index (χ2v) is 8.33. The lowest BCUT2D eigenvalue weighted by Gasteiger charge is -2.31. The third-order valence-electron chi connectivity index (χ3n) is 6.27. The van der Waals surface area contributed by atoms with E-state index in [-0.39, 0.29) is 17.7 Å². The van der Waals surface area contributed by atoms with Crippen LogP contribution in [0.25, 0.3) is 21.8 Å². The molecule has 3 aromatic carbocycles. The van der Waals surface area contributed by atoms with Crippen molar-refractivity contribution in [2.45, 2.75) is 19.3 Å². The van der Waals surface area contributed by atoms with Gasteiger partial charge < -0.3 is 15.2 Å². The van der Waals surface area contributed by atoms with Gasteiger partial charge in [0.1, 0.15) is 5.82 Å². The van der Waals surface area contributed by atoms with Gasteiger partial charge in [-0.2, -0.15) is 0 Å². The molecule has 2 amide bonds. The van der Waals surface area contributed by atoms with Crippen LogP contribution in [0.3, 0.4) is 0 Å². The maximum atomic E-state index is 13.1. The molecule has 2 heterocycles. The summed E-state index contributed by atoms with van der Waals surface area (Å²) in [5.41, 5.74) is 2.69. The standard InChI is InChI=1S/C26H26N4O2/c31-25(27-15-12-24-28-22-10-3-4-11-23(22)29-24)19-13-16-30(17-14-19)26(32)21-9-5-7-18-6-1-2-8-20(18)21/h1-11,19H,12-17H2,(H,27,31)(H,28,29). The minimum Gasteiger partial charge on any atom is -0.355 e. The number of fused-ring (bicyclic) bond motifs is 2. The zero-order valence-electron chi connectivity index (χ0n) is 17.9. The number of amides is 2. The third kappa shape index (κ3) is 4.08. The van der Waals surface area contributed by atoms with E-state index >= 15 is 0 Å². The molecule has 0 atom stereocenters. The van der Waals surface area contributed by atoms with Crippen LogP contribution in [0.1, 0.15) is 29.0 Å². The summed E-state index contributed by atoms with van der Waals surface area (Å²) in [4.78, 5) is 35.5. The van der Waals surface area contributed by atoms with Gasteiger partial charge >= 0.3 is 0 Å². The number of carbonyl (C=O) groups excluding carboxylic acids is 2. The smallest absolute Gasteiger partial charge is 0.254 e. The summed E-state index contributed by atoms with van der Waals surface area (Å²) in [7, 11) is 0. The number of hydrogen-bond acceptors (Lipinski definition) is 3. The van der Waals surface area contributed by atoms with Crippen molar-refractivity contribution in [2.75, 3.05) is 19.6 Å². The van der Waals surface area contributed by atoms with Crippen LogP contribution < -0.4 is 5.32 Å². The lowest BCUT2D eigenvalue weighted by atomic mass is 9.94. The summed E-state index contributed by atoms with van der Waals surface area (Å²) in [5.74, 6) is 0.938. The normalized spacial score (nSPS) is 14.7. The Labute approximate surface area is 186 Å². The Bertz CT molecular complexity index is 1230. The first-order chi connectivity index (χ1) is 15.7.